The van der Waals surface area contributed by atoms with Gasteiger partial charge in [-0.25, -0.2) is 0 Å². The van der Waals surface area contributed by atoms with Gasteiger partial charge in [0.05, 0.1) is 24.7 Å². The molecule has 1 rings (SSSR count). The molecule has 1 aromatic rings. The molecule has 20 heavy (non-hydrogen) atoms. The quantitative estimate of drug-likeness (QED) is 0.380. The van der Waals surface area contributed by atoms with Gasteiger partial charge in [-0.2, -0.15) is 0 Å². The summed E-state index contributed by atoms with van der Waals surface area (Å²) in [5, 5.41) is 13.8. The number of nitrogens with zero attached hydrogens (tertiary/aromatic N) is 1. The van der Waals surface area contributed by atoms with Crippen LogP contribution in [0.25, 0.3) is 0 Å². The highest BCUT2D eigenvalue weighted by atomic mass is 16.6. The van der Waals surface area contributed by atoms with E-state index < -0.39 is 10.8 Å². The predicted molar refractivity (Wildman–Crippen MR) is 71.4 cm³/mol. The van der Waals surface area contributed by atoms with Crippen molar-refractivity contribution in [1.82, 2.24) is 5.32 Å². The molecule has 110 valence electrons. The van der Waals surface area contributed by atoms with Crippen molar-refractivity contribution in [2.75, 3.05) is 26.9 Å². The molecular formula is C12H17N3O5. The van der Waals surface area contributed by atoms with Gasteiger partial charge >= 0.3 is 0 Å². The van der Waals surface area contributed by atoms with E-state index in [0.717, 1.165) is 5.56 Å². The molecule has 0 radical (unpaired) electrons. The van der Waals surface area contributed by atoms with Gasteiger partial charge in [-0.3, -0.25) is 14.9 Å². The fourth-order valence-corrected chi connectivity index (χ4v) is 1.52. The van der Waals surface area contributed by atoms with Crippen LogP contribution in [0.2, 0.25) is 0 Å². The zero-order valence-corrected chi connectivity index (χ0v) is 11.1. The molecular weight excluding hydrogens is 266 g/mol. The average Bonchev–Trinajstić information content (AvgIpc) is 2.41. The molecule has 8 heteroatoms. The van der Waals surface area contributed by atoms with Crippen LogP contribution in [0.5, 0.6) is 5.75 Å². The Balaban J connectivity index is 2.45. The van der Waals surface area contributed by atoms with Crippen LogP contribution in [-0.4, -0.2) is 37.7 Å². The number of nitro benzene ring substituents is 1. The average molecular weight is 283 g/mol. The highest BCUT2D eigenvalue weighted by Crippen LogP contribution is 2.22. The number of carbonyl (C=O) groups excluding carboxylic acids is 1. The molecule has 0 aliphatic carbocycles. The lowest BCUT2D eigenvalue weighted by Gasteiger charge is -2.07. The zero-order valence-electron chi connectivity index (χ0n) is 11.1. The second-order valence-electron chi connectivity index (χ2n) is 3.99. The number of hydrogen-bond donors (Lipinski definition) is 2. The SMILES string of the molecule is COc1cc(CNCCOCC(N)=O)cc([N+](=O)[O-])c1. The number of rotatable bonds is 9. The monoisotopic (exact) mass is 283 g/mol. The Bertz CT molecular complexity index is 478. The molecule has 0 saturated carbocycles. The number of carbonyl (C=O) groups is 1. The standard InChI is InChI=1S/C12H17N3O5/c1-19-11-5-9(4-10(6-11)15(17)18)7-14-2-3-20-8-12(13)16/h4-6,14H,2-3,7-8H2,1H3,(H2,13,16). The maximum atomic E-state index is 10.8. The normalized spacial score (nSPS) is 10.2. The number of nitro groups is 1. The van der Waals surface area contributed by atoms with E-state index in [1.165, 1.54) is 19.2 Å². The molecule has 0 fully saturated rings. The van der Waals surface area contributed by atoms with Gasteiger partial charge in [0.1, 0.15) is 12.4 Å². The first-order chi connectivity index (χ1) is 9.52. The first-order valence-corrected chi connectivity index (χ1v) is 5.92. The Hall–Kier alpha value is -2.19. The van der Waals surface area contributed by atoms with Crippen molar-refractivity contribution in [3.05, 3.63) is 33.9 Å². The minimum absolute atomic E-state index is 0.0221. The maximum absolute atomic E-state index is 10.8. The third-order valence-electron chi connectivity index (χ3n) is 2.39. The fraction of sp³-hybridized carbons (Fsp3) is 0.417. The topological polar surface area (TPSA) is 117 Å². The molecule has 1 amide bonds. The van der Waals surface area contributed by atoms with Crippen LogP contribution in [-0.2, 0) is 16.1 Å². The molecule has 1 aromatic carbocycles. The number of non-ortho nitro benzene ring substituents is 1. The Kier molecular flexibility index (Phi) is 6.41. The summed E-state index contributed by atoms with van der Waals surface area (Å²) in [7, 11) is 1.45. The number of methoxy groups -OCH3 is 1. The van der Waals surface area contributed by atoms with Gasteiger partial charge in [0.15, 0.2) is 0 Å². The Morgan fingerprint density at radius 1 is 1.45 bits per heavy atom. The molecule has 0 aliphatic rings. The second kappa shape index (κ2) is 8.08. The first kappa shape index (κ1) is 15.9. The predicted octanol–water partition coefficient (Wildman–Crippen LogP) is 0.195. The minimum atomic E-state index is -0.520. The van der Waals surface area contributed by atoms with E-state index in [1.807, 2.05) is 0 Å². The molecule has 0 aromatic heterocycles. The first-order valence-electron chi connectivity index (χ1n) is 5.92. The Morgan fingerprint density at radius 2 is 2.20 bits per heavy atom. The van der Waals surface area contributed by atoms with Crippen LogP contribution in [0.1, 0.15) is 5.56 Å². The number of ether oxygens (including phenoxy) is 2. The summed E-state index contributed by atoms with van der Waals surface area (Å²) in [6.45, 7) is 1.14. The van der Waals surface area contributed by atoms with Gasteiger partial charge < -0.3 is 20.5 Å². The number of amides is 1. The molecule has 0 heterocycles. The van der Waals surface area contributed by atoms with Crippen LogP contribution in [0.4, 0.5) is 5.69 Å². The van der Waals surface area contributed by atoms with E-state index in [2.05, 4.69) is 5.32 Å². The van der Waals surface area contributed by atoms with Gasteiger partial charge in [0.25, 0.3) is 5.69 Å². The van der Waals surface area contributed by atoms with Crippen LogP contribution >= 0.6 is 0 Å². The third kappa shape index (κ3) is 5.63. The van der Waals surface area contributed by atoms with Crippen LogP contribution in [0.15, 0.2) is 18.2 Å². The minimum Gasteiger partial charge on any atom is -0.496 e. The smallest absolute Gasteiger partial charge is 0.273 e. The van der Waals surface area contributed by atoms with Crippen LogP contribution in [0.3, 0.4) is 0 Å². The van der Waals surface area contributed by atoms with Crippen molar-refractivity contribution in [2.24, 2.45) is 5.73 Å². The molecule has 0 atom stereocenters. The summed E-state index contributed by atoms with van der Waals surface area (Å²) in [6.07, 6.45) is 0. The van der Waals surface area contributed by atoms with E-state index in [4.69, 9.17) is 15.2 Å². The lowest BCUT2D eigenvalue weighted by atomic mass is 10.2. The molecule has 3 N–H and O–H groups in total. The lowest BCUT2D eigenvalue weighted by Crippen LogP contribution is -2.23. The van der Waals surface area contributed by atoms with Gasteiger partial charge in [-0.15, -0.1) is 0 Å². The summed E-state index contributed by atoms with van der Waals surface area (Å²) in [5.74, 6) is -0.0885. The highest BCUT2D eigenvalue weighted by Gasteiger charge is 2.09. The summed E-state index contributed by atoms with van der Waals surface area (Å²) in [6, 6.07) is 4.55. The van der Waals surface area contributed by atoms with E-state index >= 15 is 0 Å². The van der Waals surface area contributed by atoms with Crippen LogP contribution in [0, 0.1) is 10.1 Å². The van der Waals surface area contributed by atoms with Gasteiger partial charge in [-0.05, 0) is 11.6 Å². The lowest BCUT2D eigenvalue weighted by molar-refractivity contribution is -0.385. The number of benzene rings is 1. The second-order valence-corrected chi connectivity index (χ2v) is 3.99. The van der Waals surface area contributed by atoms with Gasteiger partial charge in [-0.1, -0.05) is 0 Å². The van der Waals surface area contributed by atoms with E-state index in [0.29, 0.717) is 25.4 Å². The number of nitrogens with two attached hydrogens (primary N) is 1. The van der Waals surface area contributed by atoms with Crippen molar-refractivity contribution in [3.8, 4) is 5.75 Å². The fourth-order valence-electron chi connectivity index (χ4n) is 1.52. The van der Waals surface area contributed by atoms with Crippen molar-refractivity contribution >= 4 is 11.6 Å². The van der Waals surface area contributed by atoms with E-state index in [-0.39, 0.29) is 12.3 Å². The molecule has 0 saturated heterocycles. The summed E-state index contributed by atoms with van der Waals surface area (Å²) < 4.78 is 9.98. The third-order valence-corrected chi connectivity index (χ3v) is 2.39. The van der Waals surface area contributed by atoms with Crippen molar-refractivity contribution in [3.63, 3.8) is 0 Å². The Morgan fingerprint density at radius 3 is 2.80 bits per heavy atom. The van der Waals surface area contributed by atoms with Gasteiger partial charge in [0, 0.05) is 19.2 Å². The molecule has 0 aliphatic heterocycles. The highest BCUT2D eigenvalue weighted by molar-refractivity contribution is 5.74. The summed E-state index contributed by atoms with van der Waals surface area (Å²) >= 11 is 0. The zero-order chi connectivity index (χ0) is 15.0. The summed E-state index contributed by atoms with van der Waals surface area (Å²) in [5.41, 5.74) is 5.62. The van der Waals surface area contributed by atoms with Crippen molar-refractivity contribution in [2.45, 2.75) is 6.54 Å². The van der Waals surface area contributed by atoms with E-state index in [1.54, 1.807) is 6.07 Å². The summed E-state index contributed by atoms with van der Waals surface area (Å²) in [4.78, 5) is 20.7. The maximum Gasteiger partial charge on any atom is 0.273 e. The Labute approximate surface area is 116 Å². The molecule has 0 spiro atoms. The largest absolute Gasteiger partial charge is 0.496 e. The number of primary amides is 1. The molecule has 0 bridgehead atoms. The molecule has 8 nitrogen and oxygen atoms in total. The van der Waals surface area contributed by atoms with Crippen molar-refractivity contribution in [1.29, 1.82) is 0 Å². The van der Waals surface area contributed by atoms with E-state index in [9.17, 15) is 14.9 Å². The van der Waals surface area contributed by atoms with Crippen molar-refractivity contribution < 1.29 is 19.2 Å². The van der Waals surface area contributed by atoms with Crippen LogP contribution < -0.4 is 15.8 Å². The number of hydrogen-bond acceptors (Lipinski definition) is 6. The molecule has 0 unspecified atom stereocenters. The van der Waals surface area contributed by atoms with Gasteiger partial charge in [0.2, 0.25) is 5.91 Å². The number of nitrogens with one attached hydrogen (secondary N) is 1.